The number of benzene rings is 6. The van der Waals surface area contributed by atoms with E-state index < -0.39 is 5.97 Å². The molecule has 0 saturated heterocycles. The summed E-state index contributed by atoms with van der Waals surface area (Å²) in [6, 6.07) is 53.7. The van der Waals surface area contributed by atoms with Crippen LogP contribution in [0.15, 0.2) is 196 Å². The van der Waals surface area contributed by atoms with Crippen molar-refractivity contribution in [1.82, 2.24) is 38.9 Å². The van der Waals surface area contributed by atoms with E-state index in [1.54, 1.807) is 120 Å². The smallest absolute Gasteiger partial charge is 0.870 e. The van der Waals surface area contributed by atoms with Crippen LogP contribution in [0.2, 0.25) is 0 Å². The molecule has 18 heteroatoms. The maximum Gasteiger partial charge on any atom is 1.00 e. The minimum Gasteiger partial charge on any atom is -0.870 e. The van der Waals surface area contributed by atoms with E-state index in [9.17, 15) is 28.8 Å². The van der Waals surface area contributed by atoms with Gasteiger partial charge >= 0.3 is 41.5 Å². The molecule has 12 aromatic rings. The van der Waals surface area contributed by atoms with E-state index >= 15 is 0 Å². The number of carbonyl (C=O) groups excluding carboxylic acids is 2. The van der Waals surface area contributed by atoms with Crippen LogP contribution in [0.4, 0.5) is 0 Å². The van der Waals surface area contributed by atoms with Gasteiger partial charge in [-0.2, -0.15) is 0 Å². The molecule has 0 fully saturated rings. The average Bonchev–Trinajstić information content (AvgIpc) is 4.21. The van der Waals surface area contributed by atoms with Crippen molar-refractivity contribution < 1.29 is 59.3 Å². The zero-order valence-electron chi connectivity index (χ0n) is 43.6. The summed E-state index contributed by atoms with van der Waals surface area (Å²) < 4.78 is 9.93. The maximum atomic E-state index is 12.6. The molecule has 1 amide bonds. The van der Waals surface area contributed by atoms with E-state index in [2.05, 4.69) is 20.3 Å². The van der Waals surface area contributed by atoms with Gasteiger partial charge in [-0.15, -0.1) is 0 Å². The van der Waals surface area contributed by atoms with Crippen molar-refractivity contribution in [3.8, 4) is 17.1 Å². The van der Waals surface area contributed by atoms with E-state index in [0.29, 0.717) is 29.1 Å². The number of aromatic nitrogens is 6. The number of hydrogen-bond donors (Lipinski definition) is 5. The van der Waals surface area contributed by atoms with Crippen molar-refractivity contribution in [2.24, 2.45) is 0 Å². The molecule has 12 rings (SSSR count). The SMILES string of the molecule is CCOC(=O)c1ccc(-n2c(=O)ccc3[nH]c4ccccc4c32)cc1.CN(C)C(=O)c1ccc(-n2c(=O)ccc3[nH]c4ccccc4c32)cc1.CNC.O=C(O)c1ccc(-n2c(=O)ccc3[nH]c4ccccc4c32)cc1.[Na+].[OH-]. The van der Waals surface area contributed by atoms with E-state index in [1.807, 2.05) is 86.9 Å². The molecule has 6 aromatic carbocycles. The number of para-hydroxylation sites is 3. The molecule has 17 nitrogen and oxygen atoms in total. The van der Waals surface area contributed by atoms with Crippen molar-refractivity contribution >= 4 is 83.7 Å². The molecular formula is C60H53N8NaO9. The van der Waals surface area contributed by atoms with Gasteiger partial charge in [0.2, 0.25) is 0 Å². The predicted molar refractivity (Wildman–Crippen MR) is 302 cm³/mol. The second kappa shape index (κ2) is 24.7. The van der Waals surface area contributed by atoms with E-state index in [1.165, 1.54) is 29.2 Å². The van der Waals surface area contributed by atoms with Gasteiger partial charge in [-0.25, -0.2) is 9.59 Å². The molecule has 0 aliphatic rings. The largest absolute Gasteiger partial charge is 1.00 e. The number of carboxylic acids is 1. The third kappa shape index (κ3) is 11.4. The Hall–Kier alpha value is -9.10. The fourth-order valence-electron chi connectivity index (χ4n) is 9.04. The monoisotopic (exact) mass is 1050 g/mol. The molecule has 0 bridgehead atoms. The summed E-state index contributed by atoms with van der Waals surface area (Å²) in [6.07, 6.45) is 0. The third-order valence-electron chi connectivity index (χ3n) is 12.4. The first kappa shape index (κ1) is 56.6. The van der Waals surface area contributed by atoms with E-state index in [0.717, 1.165) is 71.5 Å². The van der Waals surface area contributed by atoms with Crippen LogP contribution in [0.3, 0.4) is 0 Å². The van der Waals surface area contributed by atoms with Crippen LogP contribution in [0.5, 0.6) is 0 Å². The zero-order chi connectivity index (χ0) is 53.6. The summed E-state index contributed by atoms with van der Waals surface area (Å²) in [5, 5.41) is 14.7. The van der Waals surface area contributed by atoms with Gasteiger partial charge in [0.15, 0.2) is 0 Å². The third-order valence-corrected chi connectivity index (χ3v) is 12.4. The number of pyridine rings is 3. The molecular weight excluding hydrogens is 1000 g/mol. The van der Waals surface area contributed by atoms with Gasteiger partial charge in [0.05, 0.1) is 50.8 Å². The van der Waals surface area contributed by atoms with Gasteiger partial charge in [-0.05, 0) is 130 Å². The molecule has 6 heterocycles. The first-order valence-corrected chi connectivity index (χ1v) is 24.2. The van der Waals surface area contributed by atoms with Crippen molar-refractivity contribution in [3.05, 3.63) is 230 Å². The molecule has 0 aliphatic carbocycles. The Labute approximate surface area is 467 Å². The standard InChI is InChI=1S/C20H17N3O2.C20H16N2O3.C18H12N2O3.C2H7N.Na.H2O/c1-22(2)20(25)13-7-9-14(10-8-13)23-18(24)12-11-17-19(23)15-5-3-4-6-16(15)21-17;1-2-25-20(24)13-7-9-14(10-8-13)22-18(23)12-11-17-19(22)15-5-3-4-6-16(15)21-17;21-16-10-9-15-17(13-3-1-2-4-14(13)19-15)20(16)12-7-5-11(6-8-12)18(22)23;1-3-2;;/h3-12,21H,1-2H3;3-12,21H,2H2,1H3;1-10,19H,(H,22,23);3H,1-2H3;;1H2/q;;;;+1;/p-1. The van der Waals surface area contributed by atoms with Crippen molar-refractivity contribution in [2.45, 2.75) is 6.92 Å². The van der Waals surface area contributed by atoms with Gasteiger partial charge in [-0.3, -0.25) is 32.9 Å². The molecule has 78 heavy (non-hydrogen) atoms. The van der Waals surface area contributed by atoms with Gasteiger partial charge < -0.3 is 40.5 Å². The molecule has 0 unspecified atom stereocenters. The molecule has 0 atom stereocenters. The van der Waals surface area contributed by atoms with Crippen LogP contribution in [-0.2, 0) is 4.74 Å². The van der Waals surface area contributed by atoms with Gasteiger partial charge in [-0.1, -0.05) is 54.6 Å². The number of nitrogens with zero attached hydrogens (tertiary/aromatic N) is 4. The Morgan fingerprint density at radius 2 is 0.782 bits per heavy atom. The number of H-pyrrole nitrogens is 3. The van der Waals surface area contributed by atoms with E-state index in [-0.39, 0.29) is 69.2 Å². The minimum atomic E-state index is -0.991. The minimum absolute atomic E-state index is 0. The summed E-state index contributed by atoms with van der Waals surface area (Å²) in [5.41, 5.74) is 10.9. The maximum absolute atomic E-state index is 12.6. The number of hydrogen-bond acceptors (Lipinski definition) is 9. The predicted octanol–water partition coefficient (Wildman–Crippen LogP) is 6.66. The summed E-state index contributed by atoms with van der Waals surface area (Å²) in [6.45, 7) is 2.10. The number of rotatable bonds is 7. The number of carboxylic acid groups (broad SMARTS) is 1. The summed E-state index contributed by atoms with van der Waals surface area (Å²) >= 11 is 0. The summed E-state index contributed by atoms with van der Waals surface area (Å²) in [7, 11) is 7.18. The molecule has 388 valence electrons. The van der Waals surface area contributed by atoms with Crippen LogP contribution in [0, 0.1) is 0 Å². The fraction of sp³-hybridized carbons (Fsp3) is 0.100. The van der Waals surface area contributed by atoms with E-state index in [4.69, 9.17) is 9.84 Å². The molecule has 0 saturated carbocycles. The number of ether oxygens (including phenoxy) is 1. The van der Waals surface area contributed by atoms with Crippen LogP contribution in [0.1, 0.15) is 38.0 Å². The number of amides is 1. The zero-order valence-corrected chi connectivity index (χ0v) is 45.6. The Balaban J connectivity index is 0.000000163. The second-order valence-corrected chi connectivity index (χ2v) is 17.7. The molecule has 0 spiro atoms. The van der Waals surface area contributed by atoms with Crippen molar-refractivity contribution in [2.75, 3.05) is 34.8 Å². The van der Waals surface area contributed by atoms with Gasteiger partial charge in [0.1, 0.15) is 0 Å². The van der Waals surface area contributed by atoms with Crippen LogP contribution < -0.4 is 51.6 Å². The van der Waals surface area contributed by atoms with Gasteiger partial charge in [0, 0.05) is 87.6 Å². The Morgan fingerprint density at radius 1 is 0.474 bits per heavy atom. The molecule has 6 aromatic heterocycles. The number of esters is 1. The fourth-order valence-corrected chi connectivity index (χ4v) is 9.04. The Bertz CT molecular complexity index is 4310. The van der Waals surface area contributed by atoms with Crippen LogP contribution in [0.25, 0.3) is 82.9 Å². The second-order valence-electron chi connectivity index (χ2n) is 17.7. The quantitative estimate of drug-likeness (QED) is 0.0841. The van der Waals surface area contributed by atoms with Crippen LogP contribution >= 0.6 is 0 Å². The molecule has 6 N–H and O–H groups in total. The summed E-state index contributed by atoms with van der Waals surface area (Å²) in [5.74, 6) is -1.43. The summed E-state index contributed by atoms with van der Waals surface area (Å²) in [4.78, 5) is 83.9. The number of aromatic carboxylic acids is 1. The van der Waals surface area contributed by atoms with Crippen LogP contribution in [-0.4, -0.2) is 96.8 Å². The number of nitrogens with one attached hydrogen (secondary N) is 4. The first-order valence-electron chi connectivity index (χ1n) is 24.2. The van der Waals surface area contributed by atoms with Crippen molar-refractivity contribution in [1.29, 1.82) is 0 Å². The first-order chi connectivity index (χ1) is 36.8. The Kier molecular flexibility index (Phi) is 17.9. The molecule has 0 radical (unpaired) electrons. The number of fused-ring (bicyclic) bond motifs is 9. The normalized spacial score (nSPS) is 10.6. The topological polar surface area (TPSA) is 239 Å². The Morgan fingerprint density at radius 3 is 1.09 bits per heavy atom. The number of aromatic amines is 3. The number of carbonyl (C=O) groups is 3. The molecule has 0 aliphatic heterocycles. The van der Waals surface area contributed by atoms with Crippen molar-refractivity contribution in [3.63, 3.8) is 0 Å². The van der Waals surface area contributed by atoms with Gasteiger partial charge in [0.25, 0.3) is 22.6 Å². The average molecular weight is 1050 g/mol.